The maximum Gasteiger partial charge on any atom is 0.351 e. The van der Waals surface area contributed by atoms with Crippen molar-refractivity contribution < 1.29 is 28.4 Å². The summed E-state index contributed by atoms with van der Waals surface area (Å²) in [5, 5.41) is 13.4. The topological polar surface area (TPSA) is 129 Å². The van der Waals surface area contributed by atoms with E-state index < -0.39 is 42.1 Å². The molecule has 35 heavy (non-hydrogen) atoms. The standard InChI is InChI=1S/C23H20IN3O7S/c24-35-32-13-16-18(28)19(34-22(30)15-9-5-2-6-10-15)21(33-16)27-12-11-17(26-23(27)31)25-20(29)14-7-3-1-4-8-14/h1-12,16,18-19,21,28H,13H2,(H,25,26,29,31)/t16-,18-,19+,21-/m1/s1. The van der Waals surface area contributed by atoms with Gasteiger partial charge in [-0.2, -0.15) is 4.98 Å². The fourth-order valence-electron chi connectivity index (χ4n) is 3.52. The monoisotopic (exact) mass is 609 g/mol. The van der Waals surface area contributed by atoms with Crippen LogP contribution in [0, 0.1) is 0 Å². The van der Waals surface area contributed by atoms with Gasteiger partial charge in [0.2, 0.25) is 0 Å². The average molecular weight is 609 g/mol. The molecule has 1 fully saturated rings. The van der Waals surface area contributed by atoms with Crippen LogP contribution in [0.3, 0.4) is 0 Å². The molecule has 1 saturated heterocycles. The van der Waals surface area contributed by atoms with Gasteiger partial charge < -0.3 is 24.1 Å². The van der Waals surface area contributed by atoms with E-state index in [0.717, 1.165) is 13.8 Å². The van der Waals surface area contributed by atoms with Crippen LogP contribution >= 0.6 is 30.4 Å². The van der Waals surface area contributed by atoms with Crippen molar-refractivity contribution in [3.05, 3.63) is 94.5 Å². The number of hydrogen-bond acceptors (Lipinski definition) is 9. The van der Waals surface area contributed by atoms with Gasteiger partial charge in [0.05, 0.1) is 21.4 Å². The number of nitrogens with zero attached hydrogens (tertiary/aromatic N) is 2. The zero-order valence-corrected chi connectivity index (χ0v) is 21.0. The molecule has 12 heteroatoms. The first-order valence-electron chi connectivity index (χ1n) is 10.4. The van der Waals surface area contributed by atoms with Gasteiger partial charge in [-0.1, -0.05) is 36.4 Å². The lowest BCUT2D eigenvalue weighted by Crippen LogP contribution is -2.39. The van der Waals surface area contributed by atoms with E-state index in [2.05, 4.69) is 10.3 Å². The summed E-state index contributed by atoms with van der Waals surface area (Å²) < 4.78 is 17.8. The maximum absolute atomic E-state index is 12.8. The van der Waals surface area contributed by atoms with Gasteiger partial charge >= 0.3 is 11.7 Å². The summed E-state index contributed by atoms with van der Waals surface area (Å²) in [6.07, 6.45) is -3.14. The molecule has 0 radical (unpaired) electrons. The number of carbonyl (C=O) groups is 2. The molecule has 0 saturated carbocycles. The predicted molar refractivity (Wildman–Crippen MR) is 136 cm³/mol. The van der Waals surface area contributed by atoms with Crippen molar-refractivity contribution in [1.29, 1.82) is 0 Å². The van der Waals surface area contributed by atoms with Gasteiger partial charge in [-0.15, -0.1) is 0 Å². The number of hydrogen-bond donors (Lipinski definition) is 2. The Balaban J connectivity index is 1.56. The van der Waals surface area contributed by atoms with Crippen molar-refractivity contribution in [2.45, 2.75) is 24.5 Å². The van der Waals surface area contributed by atoms with E-state index in [1.165, 1.54) is 12.3 Å². The average Bonchev–Trinajstić information content (AvgIpc) is 3.18. The van der Waals surface area contributed by atoms with E-state index in [9.17, 15) is 19.5 Å². The number of carbonyl (C=O) groups excluding carboxylic acids is 2. The summed E-state index contributed by atoms with van der Waals surface area (Å²) in [7, 11) is 1.06. The van der Waals surface area contributed by atoms with Gasteiger partial charge in [0, 0.05) is 33.0 Å². The first-order chi connectivity index (χ1) is 17.0. The molecule has 1 amide bonds. The summed E-state index contributed by atoms with van der Waals surface area (Å²) in [5.74, 6) is -1.07. The number of amides is 1. The number of esters is 1. The van der Waals surface area contributed by atoms with Crippen molar-refractivity contribution in [3.63, 3.8) is 0 Å². The third kappa shape index (κ3) is 6.08. The minimum absolute atomic E-state index is 0.00193. The molecule has 2 heterocycles. The van der Waals surface area contributed by atoms with Crippen LogP contribution in [0.2, 0.25) is 0 Å². The Hall–Kier alpha value is -2.78. The quantitative estimate of drug-likeness (QED) is 0.225. The second-order valence-electron chi connectivity index (χ2n) is 7.46. The molecule has 0 aliphatic carbocycles. The Bertz CT molecular complexity index is 1230. The van der Waals surface area contributed by atoms with Crippen LogP contribution in [0.5, 0.6) is 0 Å². The zero-order chi connectivity index (χ0) is 24.8. The van der Waals surface area contributed by atoms with Gasteiger partial charge in [-0.05, 0) is 30.3 Å². The molecule has 3 aromatic rings. The van der Waals surface area contributed by atoms with Crippen molar-refractivity contribution in [1.82, 2.24) is 9.55 Å². The van der Waals surface area contributed by atoms with Crippen LogP contribution in [0.1, 0.15) is 26.9 Å². The van der Waals surface area contributed by atoms with Gasteiger partial charge in [0.1, 0.15) is 18.0 Å². The van der Waals surface area contributed by atoms with Gasteiger partial charge in [0.15, 0.2) is 12.3 Å². The molecule has 1 aliphatic rings. The van der Waals surface area contributed by atoms with Gasteiger partial charge in [0.25, 0.3) is 5.91 Å². The Labute approximate surface area is 216 Å². The Morgan fingerprint density at radius 1 is 1.09 bits per heavy atom. The van der Waals surface area contributed by atoms with Crippen molar-refractivity contribution in [2.24, 2.45) is 0 Å². The summed E-state index contributed by atoms with van der Waals surface area (Å²) in [6, 6.07) is 18.2. The normalized spacial score (nSPS) is 21.4. The summed E-state index contributed by atoms with van der Waals surface area (Å²) in [6.45, 7) is -0.00193. The molecular weight excluding hydrogens is 589 g/mol. The number of ether oxygens (including phenoxy) is 2. The van der Waals surface area contributed by atoms with Crippen LogP contribution < -0.4 is 11.0 Å². The first kappa shape index (κ1) is 25.3. The minimum atomic E-state index is -1.26. The van der Waals surface area contributed by atoms with E-state index in [4.69, 9.17) is 13.7 Å². The Morgan fingerprint density at radius 3 is 2.37 bits per heavy atom. The summed E-state index contributed by atoms with van der Waals surface area (Å²) >= 11 is 1.93. The number of anilines is 1. The fourth-order valence-corrected chi connectivity index (χ4v) is 4.15. The van der Waals surface area contributed by atoms with E-state index >= 15 is 0 Å². The third-order valence-corrected chi connectivity index (χ3v) is 6.21. The maximum atomic E-state index is 12.8. The van der Waals surface area contributed by atoms with Crippen molar-refractivity contribution in [3.8, 4) is 0 Å². The number of aromatic nitrogens is 2. The highest BCUT2D eigenvalue weighted by atomic mass is 127. The molecule has 182 valence electrons. The van der Waals surface area contributed by atoms with Crippen LogP contribution in [0.4, 0.5) is 5.82 Å². The van der Waals surface area contributed by atoms with E-state index in [1.807, 2.05) is 21.2 Å². The lowest BCUT2D eigenvalue weighted by Gasteiger charge is -2.22. The van der Waals surface area contributed by atoms with Crippen molar-refractivity contribution in [2.75, 3.05) is 11.9 Å². The number of nitrogens with one attached hydrogen (secondary N) is 1. The molecule has 1 aromatic heterocycles. The summed E-state index contributed by atoms with van der Waals surface area (Å²) in [4.78, 5) is 41.8. The molecule has 2 N–H and O–H groups in total. The SMILES string of the molecule is O=C(Nc1ccn([C@@H]2O[C@H](COSI)[C@@H](O)[C@@H]2OC(=O)c2ccccc2)c(=O)n1)c1ccccc1. The first-order valence-corrected chi connectivity index (χ1v) is 13.7. The lowest BCUT2D eigenvalue weighted by atomic mass is 10.1. The van der Waals surface area contributed by atoms with Crippen LogP contribution in [-0.2, 0) is 13.7 Å². The smallest absolute Gasteiger partial charge is 0.351 e. The predicted octanol–water partition coefficient (Wildman–Crippen LogP) is 2.99. The Kier molecular flexibility index (Phi) is 8.51. The second kappa shape index (κ2) is 11.8. The summed E-state index contributed by atoms with van der Waals surface area (Å²) in [5.41, 5.74) is -0.0753. The number of rotatable bonds is 8. The molecule has 0 spiro atoms. The molecule has 4 rings (SSSR count). The Morgan fingerprint density at radius 2 is 1.74 bits per heavy atom. The van der Waals surface area contributed by atoms with Crippen LogP contribution in [-0.4, -0.2) is 51.5 Å². The van der Waals surface area contributed by atoms with E-state index in [-0.39, 0.29) is 18.0 Å². The number of aliphatic hydroxyl groups excluding tert-OH is 1. The van der Waals surface area contributed by atoms with Crippen LogP contribution in [0.25, 0.3) is 0 Å². The molecule has 2 aromatic carbocycles. The second-order valence-corrected chi connectivity index (χ2v) is 8.90. The highest BCUT2D eigenvalue weighted by Crippen LogP contribution is 2.33. The molecule has 4 atom stereocenters. The van der Waals surface area contributed by atoms with E-state index in [1.54, 1.807) is 60.7 Å². The molecule has 10 nitrogen and oxygen atoms in total. The number of benzene rings is 2. The van der Waals surface area contributed by atoms with Crippen molar-refractivity contribution >= 4 is 48.1 Å². The molecule has 0 unspecified atom stereocenters. The molecule has 0 bridgehead atoms. The number of aliphatic hydroxyl groups is 1. The lowest BCUT2D eigenvalue weighted by molar-refractivity contribution is -0.0566. The fraction of sp³-hybridized carbons (Fsp3) is 0.217. The molecule has 1 aliphatic heterocycles. The van der Waals surface area contributed by atoms with Gasteiger partial charge in [-0.25, -0.2) is 9.59 Å². The zero-order valence-electron chi connectivity index (χ0n) is 18.0. The number of halogens is 1. The third-order valence-electron chi connectivity index (χ3n) is 5.22. The highest BCUT2D eigenvalue weighted by molar-refractivity contribution is 14.2. The van der Waals surface area contributed by atoms with Crippen LogP contribution in [0.15, 0.2) is 77.7 Å². The minimum Gasteiger partial charge on any atom is -0.451 e. The highest BCUT2D eigenvalue weighted by Gasteiger charge is 2.48. The molecular formula is C23H20IN3O7S. The van der Waals surface area contributed by atoms with Gasteiger partial charge in [-0.3, -0.25) is 9.36 Å². The largest absolute Gasteiger partial charge is 0.451 e. The van der Waals surface area contributed by atoms with E-state index in [0.29, 0.717) is 5.56 Å².